The zero-order valence-corrected chi connectivity index (χ0v) is 55.0. The Labute approximate surface area is 510 Å². The molecule has 478 valence electrons. The van der Waals surface area contributed by atoms with Crippen molar-refractivity contribution in [3.8, 4) is 0 Å². The van der Waals surface area contributed by atoms with Gasteiger partial charge in [0.1, 0.15) is 13.2 Å². The second-order valence-corrected chi connectivity index (χ2v) is 24.5. The second-order valence-electron chi connectivity index (χ2n) is 24.5. The Kier molecular flexibility index (Phi) is 68.1. The number of esters is 3. The predicted octanol–water partition coefficient (Wildman–Crippen LogP) is 25.1. The third kappa shape index (κ3) is 67.9. The average molecular weight is 1150 g/mol. The lowest BCUT2D eigenvalue weighted by Gasteiger charge is -2.18. The van der Waals surface area contributed by atoms with Gasteiger partial charge in [-0.3, -0.25) is 14.4 Å². The number of ether oxygens (including phenoxy) is 3. The average Bonchev–Trinajstić information content (AvgIpc) is 3.47. The van der Waals surface area contributed by atoms with Crippen LogP contribution in [0.2, 0.25) is 0 Å². The van der Waals surface area contributed by atoms with E-state index in [-0.39, 0.29) is 31.1 Å². The number of allylic oxidation sites excluding steroid dienone is 10. The van der Waals surface area contributed by atoms with Gasteiger partial charge in [0.2, 0.25) is 0 Å². The molecule has 6 heteroatoms. The summed E-state index contributed by atoms with van der Waals surface area (Å²) < 4.78 is 17.0. The van der Waals surface area contributed by atoms with Crippen molar-refractivity contribution in [2.45, 2.75) is 393 Å². The third-order valence-corrected chi connectivity index (χ3v) is 16.3. The van der Waals surface area contributed by atoms with Crippen molar-refractivity contribution in [3.05, 3.63) is 60.8 Å². The van der Waals surface area contributed by atoms with Crippen molar-refractivity contribution in [3.63, 3.8) is 0 Å². The summed E-state index contributed by atoms with van der Waals surface area (Å²) in [6.45, 7) is 6.58. The van der Waals surface area contributed by atoms with Crippen LogP contribution in [0.1, 0.15) is 387 Å². The first-order chi connectivity index (χ1) is 40.5. The molecule has 0 aliphatic carbocycles. The fourth-order valence-electron chi connectivity index (χ4n) is 10.8. The Morgan fingerprint density at radius 2 is 0.476 bits per heavy atom. The van der Waals surface area contributed by atoms with E-state index in [0.717, 1.165) is 89.9 Å². The maximum Gasteiger partial charge on any atom is 0.306 e. The quantitative estimate of drug-likeness (QED) is 0.0261. The molecule has 0 radical (unpaired) electrons. The Hall–Kier alpha value is -2.89. The van der Waals surface area contributed by atoms with Crippen LogP contribution in [0, 0.1) is 0 Å². The van der Waals surface area contributed by atoms with E-state index in [2.05, 4.69) is 81.5 Å². The lowest BCUT2D eigenvalue weighted by Crippen LogP contribution is -2.30. The number of rotatable bonds is 67. The molecular formula is C76H138O6. The minimum atomic E-state index is -0.777. The number of carbonyl (C=O) groups is 3. The first-order valence-electron chi connectivity index (χ1n) is 36.3. The number of unbranched alkanes of at least 4 members (excludes halogenated alkanes) is 46. The van der Waals surface area contributed by atoms with Gasteiger partial charge in [-0.2, -0.15) is 0 Å². The molecule has 1 atom stereocenters. The summed E-state index contributed by atoms with van der Waals surface area (Å²) in [5.41, 5.74) is 0. The van der Waals surface area contributed by atoms with Gasteiger partial charge >= 0.3 is 17.9 Å². The minimum Gasteiger partial charge on any atom is -0.462 e. The fraction of sp³-hybridized carbons (Fsp3) is 0.829. The third-order valence-electron chi connectivity index (χ3n) is 16.3. The number of hydrogen-bond acceptors (Lipinski definition) is 6. The largest absolute Gasteiger partial charge is 0.462 e. The molecule has 0 rings (SSSR count). The van der Waals surface area contributed by atoms with Crippen LogP contribution < -0.4 is 0 Å². The molecule has 0 saturated carbocycles. The Morgan fingerprint density at radius 1 is 0.256 bits per heavy atom. The molecule has 0 aliphatic heterocycles. The summed E-state index contributed by atoms with van der Waals surface area (Å²) in [5, 5.41) is 0. The summed E-state index contributed by atoms with van der Waals surface area (Å²) in [6.07, 6.45) is 91.2. The monoisotopic (exact) mass is 1150 g/mol. The van der Waals surface area contributed by atoms with E-state index >= 15 is 0 Å². The van der Waals surface area contributed by atoms with E-state index in [1.54, 1.807) is 0 Å². The highest BCUT2D eigenvalue weighted by atomic mass is 16.6. The van der Waals surface area contributed by atoms with Crippen molar-refractivity contribution in [1.82, 2.24) is 0 Å². The van der Waals surface area contributed by atoms with E-state index in [4.69, 9.17) is 14.2 Å². The fourth-order valence-corrected chi connectivity index (χ4v) is 10.8. The van der Waals surface area contributed by atoms with Crippen molar-refractivity contribution in [1.29, 1.82) is 0 Å². The van der Waals surface area contributed by atoms with Crippen molar-refractivity contribution >= 4 is 17.9 Å². The molecule has 0 aromatic carbocycles. The molecule has 6 nitrogen and oxygen atoms in total. The van der Waals surface area contributed by atoms with Gasteiger partial charge in [-0.15, -0.1) is 0 Å². The first kappa shape index (κ1) is 79.1. The zero-order chi connectivity index (χ0) is 59.2. The molecule has 0 N–H and O–H groups in total. The van der Waals surface area contributed by atoms with Gasteiger partial charge in [0, 0.05) is 19.3 Å². The lowest BCUT2D eigenvalue weighted by atomic mass is 10.0. The second kappa shape index (κ2) is 70.6. The standard InChI is InChI=1S/C76H138O6/c1-4-7-10-13-16-19-22-25-27-29-31-33-34-35-36-37-38-39-40-41-42-44-45-47-49-51-54-57-60-63-66-69-75(78)81-72-73(71-80-74(77)68-65-62-59-56-53-24-21-18-15-12-9-6-3)82-76(79)70-67-64-61-58-55-52-50-48-46-43-32-30-28-26-23-20-17-14-11-8-5-2/h8,11,17,20,26,28-29,31-32,43,73H,4-7,9-10,12-16,18-19,21-25,27,30,33-42,44-72H2,1-3H3/b11-8-,20-17-,28-26-,31-29-,43-32-. The van der Waals surface area contributed by atoms with Gasteiger partial charge in [-0.05, 0) is 83.5 Å². The molecule has 0 aromatic heterocycles. The molecule has 0 heterocycles. The van der Waals surface area contributed by atoms with Crippen LogP contribution in [0.15, 0.2) is 60.8 Å². The molecule has 82 heavy (non-hydrogen) atoms. The summed E-state index contributed by atoms with van der Waals surface area (Å²) in [6, 6.07) is 0. The summed E-state index contributed by atoms with van der Waals surface area (Å²) in [5.74, 6) is -0.856. The van der Waals surface area contributed by atoms with Crippen LogP contribution in [0.4, 0.5) is 0 Å². The molecule has 0 fully saturated rings. The first-order valence-corrected chi connectivity index (χ1v) is 36.3. The normalized spacial score (nSPS) is 12.4. The Morgan fingerprint density at radius 3 is 0.756 bits per heavy atom. The molecule has 0 aromatic rings. The van der Waals surface area contributed by atoms with Gasteiger partial charge in [-0.25, -0.2) is 0 Å². The van der Waals surface area contributed by atoms with Crippen LogP contribution in [0.25, 0.3) is 0 Å². The summed E-state index contributed by atoms with van der Waals surface area (Å²) in [4.78, 5) is 38.4. The highest BCUT2D eigenvalue weighted by Crippen LogP contribution is 2.18. The smallest absolute Gasteiger partial charge is 0.306 e. The highest BCUT2D eigenvalue weighted by molar-refractivity contribution is 5.71. The van der Waals surface area contributed by atoms with Crippen molar-refractivity contribution < 1.29 is 28.6 Å². The van der Waals surface area contributed by atoms with E-state index in [1.807, 2.05) is 0 Å². The SMILES string of the molecule is CC/C=C\C/C=C\C/C=C\C/C=C\CCCCCCCCCCC(=O)OC(COC(=O)CCCCCCCCCCCCCC)COC(=O)CCCCCCCCCCCCCCCCCCCCC/C=C\CCCCCCCCCC. The molecular weight excluding hydrogens is 1010 g/mol. The number of carbonyl (C=O) groups excluding carboxylic acids is 3. The minimum absolute atomic E-state index is 0.0726. The van der Waals surface area contributed by atoms with E-state index in [0.29, 0.717) is 19.3 Å². The van der Waals surface area contributed by atoms with Crippen molar-refractivity contribution in [2.75, 3.05) is 13.2 Å². The van der Waals surface area contributed by atoms with Gasteiger partial charge in [0.15, 0.2) is 6.10 Å². The van der Waals surface area contributed by atoms with Crippen LogP contribution >= 0.6 is 0 Å². The topological polar surface area (TPSA) is 78.9 Å². The van der Waals surface area contributed by atoms with Crippen LogP contribution in [0.5, 0.6) is 0 Å². The van der Waals surface area contributed by atoms with Gasteiger partial charge in [0.05, 0.1) is 0 Å². The maximum atomic E-state index is 12.9. The van der Waals surface area contributed by atoms with Gasteiger partial charge < -0.3 is 14.2 Å². The predicted molar refractivity (Wildman–Crippen MR) is 358 cm³/mol. The van der Waals surface area contributed by atoms with Gasteiger partial charge in [0.25, 0.3) is 0 Å². The molecule has 0 saturated heterocycles. The van der Waals surface area contributed by atoms with E-state index in [1.165, 1.54) is 257 Å². The highest BCUT2D eigenvalue weighted by Gasteiger charge is 2.19. The Bertz CT molecular complexity index is 1460. The van der Waals surface area contributed by atoms with Crippen LogP contribution in [-0.2, 0) is 28.6 Å². The van der Waals surface area contributed by atoms with Gasteiger partial charge in [-0.1, -0.05) is 345 Å². The van der Waals surface area contributed by atoms with E-state index in [9.17, 15) is 14.4 Å². The van der Waals surface area contributed by atoms with Crippen molar-refractivity contribution in [2.24, 2.45) is 0 Å². The molecule has 1 unspecified atom stereocenters. The lowest BCUT2D eigenvalue weighted by molar-refractivity contribution is -0.167. The van der Waals surface area contributed by atoms with Crippen LogP contribution in [-0.4, -0.2) is 37.2 Å². The molecule has 0 aliphatic rings. The summed E-state index contributed by atoms with van der Waals surface area (Å²) in [7, 11) is 0. The van der Waals surface area contributed by atoms with E-state index < -0.39 is 6.10 Å². The molecule has 0 bridgehead atoms. The molecule has 0 amide bonds. The maximum absolute atomic E-state index is 12.9. The van der Waals surface area contributed by atoms with Crippen LogP contribution in [0.3, 0.4) is 0 Å². The summed E-state index contributed by atoms with van der Waals surface area (Å²) >= 11 is 0. The Balaban J connectivity index is 4.16. The molecule has 0 spiro atoms. The number of hydrogen-bond donors (Lipinski definition) is 0. The zero-order valence-electron chi connectivity index (χ0n) is 55.0.